The van der Waals surface area contributed by atoms with Gasteiger partial charge in [-0.2, -0.15) is 10.2 Å². The Hall–Kier alpha value is -4.93. The first-order valence-electron chi connectivity index (χ1n) is 12.2. The number of nitrogens with one attached hydrogen (secondary N) is 2. The smallest absolute Gasteiger partial charge is 0.272 e. The second-order valence-electron chi connectivity index (χ2n) is 10.7. The van der Waals surface area contributed by atoms with E-state index in [9.17, 15) is 40.5 Å². The second kappa shape index (κ2) is 13.6. The van der Waals surface area contributed by atoms with Crippen LogP contribution in [0.5, 0.6) is 0 Å². The number of allylic oxidation sites excluding steroid dienone is 1. The number of hydrazone groups is 2. The van der Waals surface area contributed by atoms with E-state index in [1.807, 2.05) is 41.5 Å². The van der Waals surface area contributed by atoms with E-state index < -0.39 is 47.9 Å². The van der Waals surface area contributed by atoms with Gasteiger partial charge in [-0.25, -0.2) is 0 Å². The maximum atomic E-state index is 11.5. The Balaban J connectivity index is 2.41. The van der Waals surface area contributed by atoms with Gasteiger partial charge in [0, 0.05) is 29.3 Å². The maximum absolute atomic E-state index is 11.5. The highest BCUT2D eigenvalue weighted by atomic mass is 32.2. The summed E-state index contributed by atoms with van der Waals surface area (Å²) in [6, 6.07) is 6.33. The molecule has 2 aromatic rings. The molecule has 0 radical (unpaired) electrons. The van der Waals surface area contributed by atoms with Crippen LogP contribution in [-0.2, 0) is 0 Å². The Kier molecular flexibility index (Phi) is 10.8. The molecule has 224 valence electrons. The fraction of sp³-hybridized carbons (Fsp3) is 0.360. The molecule has 2 aromatic carbocycles. The Bertz CT molecular complexity index is 1460. The fourth-order valence-corrected chi connectivity index (χ4v) is 4.93. The number of anilines is 2. The Labute approximate surface area is 244 Å². The van der Waals surface area contributed by atoms with Gasteiger partial charge in [0.15, 0.2) is 0 Å². The first-order valence-corrected chi connectivity index (χ1v) is 13.1. The molecule has 2 rings (SSSR count). The lowest BCUT2D eigenvalue weighted by Gasteiger charge is -2.32. The van der Waals surface area contributed by atoms with Crippen LogP contribution in [0.3, 0.4) is 0 Å². The quantitative estimate of drug-likeness (QED) is 0.148. The molecule has 1 unspecified atom stereocenters. The molecule has 0 saturated carbocycles. The van der Waals surface area contributed by atoms with Gasteiger partial charge in [0.2, 0.25) is 0 Å². The molecule has 0 aliphatic heterocycles. The molecular formula is C25H30N8O8S. The summed E-state index contributed by atoms with van der Waals surface area (Å²) in [5, 5.41) is 52.7. The molecule has 0 amide bonds. The number of hydrogen-bond acceptors (Lipinski definition) is 13. The van der Waals surface area contributed by atoms with Crippen LogP contribution >= 0.6 is 11.8 Å². The van der Waals surface area contributed by atoms with Crippen LogP contribution in [-0.4, -0.2) is 42.1 Å². The van der Waals surface area contributed by atoms with Crippen molar-refractivity contribution in [1.82, 2.24) is 0 Å². The first-order chi connectivity index (χ1) is 19.4. The SMILES string of the molecule is CC(C)(C)SC(/C=N/Nc1ccc([N+](=O)[O-])cc1[N+](=O)[O-])/C(=C\C=N\Nc1ccc([N+](=O)[O-])cc1[N+](=O)[O-])C(C)(C)C. The predicted molar refractivity (Wildman–Crippen MR) is 162 cm³/mol. The lowest BCUT2D eigenvalue weighted by molar-refractivity contribution is -0.393. The van der Waals surface area contributed by atoms with E-state index in [1.165, 1.54) is 30.1 Å². The molecule has 17 heteroatoms. The van der Waals surface area contributed by atoms with Crippen molar-refractivity contribution in [3.8, 4) is 0 Å². The standard InChI is InChI=1S/C25H30N8O8S/c1-24(2,3)18(11-12-26-28-19-9-7-16(30(34)35)13-21(19)32(38)39)23(42-25(4,5)6)15-27-29-20-10-8-17(31(36)37)14-22(20)33(40)41/h7-15,23,28-29H,1-6H3/b18-11+,26-12+,27-15+. The summed E-state index contributed by atoms with van der Waals surface area (Å²) in [4.78, 5) is 41.9. The monoisotopic (exact) mass is 602 g/mol. The van der Waals surface area contributed by atoms with Crippen molar-refractivity contribution in [3.63, 3.8) is 0 Å². The summed E-state index contributed by atoms with van der Waals surface area (Å²) < 4.78 is -0.255. The molecule has 16 nitrogen and oxygen atoms in total. The molecule has 0 aromatic heterocycles. The summed E-state index contributed by atoms with van der Waals surface area (Å²) in [5.41, 5.74) is 3.60. The molecule has 42 heavy (non-hydrogen) atoms. The van der Waals surface area contributed by atoms with Gasteiger partial charge in [-0.3, -0.25) is 51.3 Å². The van der Waals surface area contributed by atoms with Crippen LogP contribution in [0.15, 0.2) is 58.3 Å². The zero-order valence-electron chi connectivity index (χ0n) is 23.6. The van der Waals surface area contributed by atoms with Crippen LogP contribution in [0.4, 0.5) is 34.1 Å². The molecule has 0 bridgehead atoms. The van der Waals surface area contributed by atoms with Gasteiger partial charge < -0.3 is 0 Å². The summed E-state index contributed by atoms with van der Waals surface area (Å²) in [7, 11) is 0. The van der Waals surface area contributed by atoms with Crippen LogP contribution in [0, 0.1) is 45.9 Å². The molecule has 0 aliphatic rings. The van der Waals surface area contributed by atoms with E-state index in [0.717, 1.165) is 29.8 Å². The number of non-ortho nitro benzene ring substituents is 2. The summed E-state index contributed by atoms with van der Waals surface area (Å²) in [5.74, 6) is 0. The molecule has 0 aliphatic carbocycles. The summed E-state index contributed by atoms with van der Waals surface area (Å²) in [6.45, 7) is 11.9. The highest BCUT2D eigenvalue weighted by molar-refractivity contribution is 8.02. The lowest BCUT2D eigenvalue weighted by atomic mass is 9.84. The summed E-state index contributed by atoms with van der Waals surface area (Å²) in [6.07, 6.45) is 4.65. The molecule has 0 heterocycles. The van der Waals surface area contributed by atoms with Gasteiger partial charge >= 0.3 is 11.4 Å². The van der Waals surface area contributed by atoms with Gasteiger partial charge in [0.05, 0.1) is 37.1 Å². The Morgan fingerprint density at radius 2 is 1.21 bits per heavy atom. The number of nitro benzene ring substituents is 4. The highest BCUT2D eigenvalue weighted by Crippen LogP contribution is 2.38. The van der Waals surface area contributed by atoms with E-state index in [2.05, 4.69) is 21.1 Å². The van der Waals surface area contributed by atoms with Crippen molar-refractivity contribution < 1.29 is 19.7 Å². The Morgan fingerprint density at radius 3 is 1.60 bits per heavy atom. The number of rotatable bonds is 12. The van der Waals surface area contributed by atoms with Crippen molar-refractivity contribution in [3.05, 3.63) is 88.5 Å². The normalized spacial score (nSPS) is 13.2. The molecule has 1 atom stereocenters. The van der Waals surface area contributed by atoms with Crippen LogP contribution in [0.1, 0.15) is 41.5 Å². The number of nitrogens with zero attached hydrogens (tertiary/aromatic N) is 6. The predicted octanol–water partition coefficient (Wildman–Crippen LogP) is 6.69. The lowest BCUT2D eigenvalue weighted by Crippen LogP contribution is -2.26. The first kappa shape index (κ1) is 33.3. The number of hydrogen-bond donors (Lipinski definition) is 2. The number of nitro groups is 4. The van der Waals surface area contributed by atoms with E-state index in [-0.39, 0.29) is 21.4 Å². The third kappa shape index (κ3) is 9.61. The highest BCUT2D eigenvalue weighted by Gasteiger charge is 2.29. The maximum Gasteiger partial charge on any atom is 0.301 e. The summed E-state index contributed by atoms with van der Waals surface area (Å²) >= 11 is 1.54. The van der Waals surface area contributed by atoms with Gasteiger partial charge in [-0.15, -0.1) is 11.8 Å². The molecule has 2 N–H and O–H groups in total. The molecular weight excluding hydrogens is 572 g/mol. The van der Waals surface area contributed by atoms with Crippen molar-refractivity contribution >= 4 is 58.3 Å². The zero-order valence-corrected chi connectivity index (χ0v) is 24.4. The minimum absolute atomic E-state index is 0.0295. The minimum atomic E-state index is -0.754. The van der Waals surface area contributed by atoms with Crippen LogP contribution in [0.25, 0.3) is 0 Å². The molecule has 0 spiro atoms. The molecule has 0 saturated heterocycles. The van der Waals surface area contributed by atoms with Crippen molar-refractivity contribution in [2.24, 2.45) is 15.6 Å². The van der Waals surface area contributed by atoms with Gasteiger partial charge in [0.25, 0.3) is 11.4 Å². The fourth-order valence-electron chi connectivity index (χ4n) is 3.48. The van der Waals surface area contributed by atoms with Crippen LogP contribution in [0.2, 0.25) is 0 Å². The largest absolute Gasteiger partial charge is 0.301 e. The Morgan fingerprint density at radius 1 is 0.762 bits per heavy atom. The minimum Gasteiger partial charge on any atom is -0.272 e. The van der Waals surface area contributed by atoms with Crippen LogP contribution < -0.4 is 10.9 Å². The van der Waals surface area contributed by atoms with Crippen molar-refractivity contribution in [1.29, 1.82) is 0 Å². The van der Waals surface area contributed by atoms with E-state index in [1.54, 1.807) is 12.3 Å². The topological polar surface area (TPSA) is 221 Å². The van der Waals surface area contributed by atoms with Crippen molar-refractivity contribution in [2.45, 2.75) is 51.5 Å². The van der Waals surface area contributed by atoms with Gasteiger partial charge in [-0.05, 0) is 29.2 Å². The molecule has 0 fully saturated rings. The average molecular weight is 603 g/mol. The van der Waals surface area contributed by atoms with Gasteiger partial charge in [0.1, 0.15) is 11.4 Å². The number of thioether (sulfide) groups is 1. The van der Waals surface area contributed by atoms with E-state index in [4.69, 9.17) is 0 Å². The number of benzene rings is 2. The van der Waals surface area contributed by atoms with Crippen molar-refractivity contribution in [2.75, 3.05) is 10.9 Å². The third-order valence-electron chi connectivity index (χ3n) is 5.34. The third-order valence-corrected chi connectivity index (χ3v) is 6.68. The average Bonchev–Trinajstić information content (AvgIpc) is 2.86. The zero-order chi connectivity index (χ0) is 31.8. The van der Waals surface area contributed by atoms with E-state index >= 15 is 0 Å². The van der Waals surface area contributed by atoms with Gasteiger partial charge in [-0.1, -0.05) is 41.5 Å². The second-order valence-corrected chi connectivity index (χ2v) is 12.7. The van der Waals surface area contributed by atoms with E-state index in [0.29, 0.717) is 0 Å².